The smallest absolute Gasteiger partial charge is 0.313 e. The molecular weight excluding hydrogens is 348 g/mol. The van der Waals surface area contributed by atoms with Gasteiger partial charge >= 0.3 is 5.97 Å². The maximum absolute atomic E-state index is 12.3. The summed E-state index contributed by atoms with van der Waals surface area (Å²) in [6.45, 7) is 0.532. The molecule has 4 rings (SSSR count). The fourth-order valence-electron chi connectivity index (χ4n) is 3.32. The van der Waals surface area contributed by atoms with Gasteiger partial charge in [-0.2, -0.15) is 0 Å². The van der Waals surface area contributed by atoms with E-state index in [1.54, 1.807) is 14.2 Å². The third-order valence-corrected chi connectivity index (χ3v) is 4.75. The lowest BCUT2D eigenvalue weighted by Crippen LogP contribution is -2.12. The van der Waals surface area contributed by atoms with Crippen molar-refractivity contribution >= 4 is 12.0 Å². The maximum Gasteiger partial charge on any atom is 0.313 e. The molecule has 27 heavy (non-hydrogen) atoms. The molecule has 2 aliphatic heterocycles. The van der Waals surface area contributed by atoms with Crippen LogP contribution in [0.5, 0.6) is 23.0 Å². The van der Waals surface area contributed by atoms with Crippen molar-refractivity contribution in [2.75, 3.05) is 27.6 Å². The molecule has 0 amide bonds. The molecule has 0 saturated carbocycles. The molecular formula is C21H20O6. The fourth-order valence-corrected chi connectivity index (χ4v) is 3.32. The minimum Gasteiger partial charge on any atom is -0.493 e. The van der Waals surface area contributed by atoms with Gasteiger partial charge in [0.15, 0.2) is 23.0 Å². The third kappa shape index (κ3) is 3.43. The van der Waals surface area contributed by atoms with Crippen LogP contribution in [0.25, 0.3) is 6.08 Å². The summed E-state index contributed by atoms with van der Waals surface area (Å²) in [7, 11) is 3.19. The number of hydrogen-bond acceptors (Lipinski definition) is 6. The molecule has 140 valence electrons. The Labute approximate surface area is 157 Å². The highest BCUT2D eigenvalue weighted by Gasteiger charge is 2.32. The van der Waals surface area contributed by atoms with E-state index in [9.17, 15) is 4.79 Å². The Hall–Kier alpha value is -3.15. The van der Waals surface area contributed by atoms with Gasteiger partial charge in [0.1, 0.15) is 6.61 Å². The predicted molar refractivity (Wildman–Crippen MR) is 98.2 cm³/mol. The van der Waals surface area contributed by atoms with E-state index in [1.165, 1.54) is 0 Å². The Bertz CT molecular complexity index is 902. The summed E-state index contributed by atoms with van der Waals surface area (Å²) in [6.07, 6.45) is 2.52. The molecule has 0 spiro atoms. The first-order valence-electron chi connectivity index (χ1n) is 8.65. The Kier molecular flexibility index (Phi) is 4.62. The van der Waals surface area contributed by atoms with Crippen molar-refractivity contribution in [1.29, 1.82) is 0 Å². The number of fused-ring (bicyclic) bond motifs is 1. The average molecular weight is 368 g/mol. The molecule has 2 heterocycles. The number of carbonyl (C=O) groups excluding carboxylic acids is 1. The summed E-state index contributed by atoms with van der Waals surface area (Å²) in [6, 6.07) is 11.4. The molecule has 1 fully saturated rings. The number of benzene rings is 2. The van der Waals surface area contributed by atoms with E-state index in [2.05, 4.69) is 0 Å². The SMILES string of the molecule is COc1ccc(CC2C(=O)OCC2=Cc2ccc3c(c2)OCO3)cc1OC. The van der Waals surface area contributed by atoms with Gasteiger partial charge in [0, 0.05) is 0 Å². The number of carbonyl (C=O) groups is 1. The van der Waals surface area contributed by atoms with Gasteiger partial charge in [0.05, 0.1) is 20.1 Å². The highest BCUT2D eigenvalue weighted by molar-refractivity contribution is 5.82. The van der Waals surface area contributed by atoms with Crippen molar-refractivity contribution < 1.29 is 28.5 Å². The molecule has 0 aromatic heterocycles. The number of rotatable bonds is 5. The van der Waals surface area contributed by atoms with E-state index in [0.29, 0.717) is 30.3 Å². The molecule has 6 heteroatoms. The maximum atomic E-state index is 12.3. The Morgan fingerprint density at radius 1 is 1.00 bits per heavy atom. The topological polar surface area (TPSA) is 63.2 Å². The minimum absolute atomic E-state index is 0.211. The molecule has 0 bridgehead atoms. The van der Waals surface area contributed by atoms with E-state index in [4.69, 9.17) is 23.7 Å². The van der Waals surface area contributed by atoms with Crippen LogP contribution in [-0.4, -0.2) is 33.6 Å². The third-order valence-electron chi connectivity index (χ3n) is 4.75. The van der Waals surface area contributed by atoms with Gasteiger partial charge in [-0.05, 0) is 47.4 Å². The Morgan fingerprint density at radius 3 is 2.63 bits per heavy atom. The average Bonchev–Trinajstić information content (AvgIpc) is 3.29. The molecule has 0 N–H and O–H groups in total. The first-order chi connectivity index (χ1) is 13.2. The van der Waals surface area contributed by atoms with Crippen molar-refractivity contribution in [3.63, 3.8) is 0 Å². The van der Waals surface area contributed by atoms with Gasteiger partial charge in [0.2, 0.25) is 6.79 Å². The van der Waals surface area contributed by atoms with Crippen molar-refractivity contribution in [2.45, 2.75) is 6.42 Å². The van der Waals surface area contributed by atoms with Crippen LogP contribution < -0.4 is 18.9 Å². The molecule has 2 aromatic carbocycles. The zero-order valence-electron chi connectivity index (χ0n) is 15.2. The second-order valence-electron chi connectivity index (χ2n) is 6.39. The Morgan fingerprint density at radius 2 is 1.81 bits per heavy atom. The lowest BCUT2D eigenvalue weighted by atomic mass is 9.92. The van der Waals surface area contributed by atoms with Crippen molar-refractivity contribution in [2.24, 2.45) is 5.92 Å². The van der Waals surface area contributed by atoms with E-state index >= 15 is 0 Å². The number of hydrogen-bond donors (Lipinski definition) is 0. The summed E-state index contributed by atoms with van der Waals surface area (Å²) < 4.78 is 26.7. The van der Waals surface area contributed by atoms with Crippen molar-refractivity contribution in [1.82, 2.24) is 0 Å². The van der Waals surface area contributed by atoms with Crippen LogP contribution in [0.15, 0.2) is 42.0 Å². The summed E-state index contributed by atoms with van der Waals surface area (Å²) in [4.78, 5) is 12.3. The molecule has 0 aliphatic carbocycles. The monoisotopic (exact) mass is 368 g/mol. The second kappa shape index (κ2) is 7.23. The zero-order valence-corrected chi connectivity index (χ0v) is 15.2. The Balaban J connectivity index is 1.58. The van der Waals surface area contributed by atoms with Crippen LogP contribution in [-0.2, 0) is 16.0 Å². The van der Waals surface area contributed by atoms with Crippen LogP contribution in [0.2, 0.25) is 0 Å². The lowest BCUT2D eigenvalue weighted by Gasteiger charge is -2.12. The molecule has 0 radical (unpaired) electrons. The normalized spacial score (nSPS) is 19.3. The van der Waals surface area contributed by atoms with Crippen LogP contribution in [0.3, 0.4) is 0 Å². The van der Waals surface area contributed by atoms with E-state index < -0.39 is 0 Å². The van der Waals surface area contributed by atoms with Gasteiger partial charge in [-0.1, -0.05) is 18.2 Å². The van der Waals surface area contributed by atoms with Crippen LogP contribution in [0, 0.1) is 5.92 Å². The van der Waals surface area contributed by atoms with E-state index in [0.717, 1.165) is 22.4 Å². The fraction of sp³-hybridized carbons (Fsp3) is 0.286. The zero-order chi connectivity index (χ0) is 18.8. The number of esters is 1. The largest absolute Gasteiger partial charge is 0.493 e. The van der Waals surface area contributed by atoms with Crippen LogP contribution in [0.4, 0.5) is 0 Å². The quantitative estimate of drug-likeness (QED) is 0.755. The highest BCUT2D eigenvalue weighted by atomic mass is 16.7. The summed E-state index contributed by atoms with van der Waals surface area (Å²) in [5, 5.41) is 0. The number of methoxy groups -OCH3 is 2. The van der Waals surface area contributed by atoms with Gasteiger partial charge in [-0.15, -0.1) is 0 Å². The summed E-state index contributed by atoms with van der Waals surface area (Å²) >= 11 is 0. The summed E-state index contributed by atoms with van der Waals surface area (Å²) in [5.41, 5.74) is 2.87. The number of ether oxygens (including phenoxy) is 5. The highest BCUT2D eigenvalue weighted by Crippen LogP contribution is 2.35. The van der Waals surface area contributed by atoms with Crippen LogP contribution >= 0.6 is 0 Å². The number of cyclic esters (lactones) is 1. The first-order valence-corrected chi connectivity index (χ1v) is 8.65. The minimum atomic E-state index is -0.325. The standard InChI is InChI=1S/C21H20O6/c1-23-17-5-3-14(9-19(17)24-2)8-16-15(11-25-21(16)22)7-13-4-6-18-20(10-13)27-12-26-18/h3-7,9-10,16H,8,11-12H2,1-2H3. The summed E-state index contributed by atoms with van der Waals surface area (Å²) in [5.74, 6) is 2.21. The van der Waals surface area contributed by atoms with Crippen molar-refractivity contribution in [3.8, 4) is 23.0 Å². The molecule has 6 nitrogen and oxygen atoms in total. The van der Waals surface area contributed by atoms with Gasteiger partial charge < -0.3 is 23.7 Å². The molecule has 2 aromatic rings. The molecule has 1 unspecified atom stereocenters. The van der Waals surface area contributed by atoms with Gasteiger partial charge in [-0.25, -0.2) is 0 Å². The van der Waals surface area contributed by atoms with Crippen molar-refractivity contribution in [3.05, 3.63) is 53.1 Å². The molecule has 1 saturated heterocycles. The second-order valence-corrected chi connectivity index (χ2v) is 6.39. The van der Waals surface area contributed by atoms with E-state index in [-0.39, 0.29) is 18.7 Å². The molecule has 2 aliphatic rings. The van der Waals surface area contributed by atoms with Gasteiger partial charge in [0.25, 0.3) is 0 Å². The molecule has 1 atom stereocenters. The van der Waals surface area contributed by atoms with Crippen LogP contribution in [0.1, 0.15) is 11.1 Å². The lowest BCUT2D eigenvalue weighted by molar-refractivity contribution is -0.141. The van der Waals surface area contributed by atoms with Gasteiger partial charge in [-0.3, -0.25) is 4.79 Å². The van der Waals surface area contributed by atoms with E-state index in [1.807, 2.05) is 42.5 Å². The first kappa shape index (κ1) is 17.3. The predicted octanol–water partition coefficient (Wildman–Crippen LogP) is 3.23.